The van der Waals surface area contributed by atoms with E-state index in [1.165, 1.54) is 111 Å². The maximum atomic E-state index is 12.1. The number of rotatable bonds is 20. The number of nitrogens with zero attached hydrogens (tertiary/aromatic N) is 3. The van der Waals surface area contributed by atoms with Gasteiger partial charge in [0, 0.05) is 14.1 Å². The molecule has 184 valence electrons. The highest BCUT2D eigenvalue weighted by molar-refractivity contribution is 7.87. The van der Waals surface area contributed by atoms with E-state index in [0.29, 0.717) is 0 Å². The summed E-state index contributed by atoms with van der Waals surface area (Å²) >= 11 is 0. The van der Waals surface area contributed by atoms with Gasteiger partial charge in [0.25, 0.3) is 6.33 Å². The Morgan fingerprint density at radius 3 is 1.48 bits per heavy atom. The Labute approximate surface area is 199 Å². The zero-order valence-electron chi connectivity index (χ0n) is 20.4. The van der Waals surface area contributed by atoms with Crippen LogP contribution in [0.15, 0.2) is 18.7 Å². The van der Waals surface area contributed by atoms with Gasteiger partial charge in [-0.15, -0.1) is 3.97 Å². The first-order chi connectivity index (χ1) is 14.5. The SMILES string of the molecule is CCCCCCCCCCCCCCCCCCC[n+]1ccn(S(=O)(=O)N(C)C)c1.[Cl-]. The average Bonchev–Trinajstić information content (AvgIpc) is 3.20. The van der Waals surface area contributed by atoms with Gasteiger partial charge < -0.3 is 12.4 Å². The maximum absolute atomic E-state index is 12.1. The lowest BCUT2D eigenvalue weighted by Crippen LogP contribution is -3.00. The number of aromatic nitrogens is 2. The van der Waals surface area contributed by atoms with E-state index in [2.05, 4.69) is 6.92 Å². The molecule has 1 rings (SSSR count). The number of halogens is 1. The van der Waals surface area contributed by atoms with Crippen LogP contribution < -0.4 is 17.0 Å². The van der Waals surface area contributed by atoms with Gasteiger partial charge in [-0.2, -0.15) is 12.7 Å². The van der Waals surface area contributed by atoms with E-state index in [-0.39, 0.29) is 12.4 Å². The first kappa shape index (κ1) is 30.4. The Morgan fingerprint density at radius 2 is 1.10 bits per heavy atom. The predicted molar refractivity (Wildman–Crippen MR) is 127 cm³/mol. The lowest BCUT2D eigenvalue weighted by atomic mass is 10.0. The molecule has 1 heterocycles. The second-order valence-corrected chi connectivity index (χ2v) is 11.0. The Balaban J connectivity index is 0.00000900. The zero-order chi connectivity index (χ0) is 22.1. The first-order valence-corrected chi connectivity index (χ1v) is 13.9. The average molecular weight is 478 g/mol. The third-order valence-electron chi connectivity index (χ3n) is 5.91. The molecule has 0 spiro atoms. The standard InChI is InChI=1S/C24H48N3O2S.ClH/c1-4-5-6-7-8-9-10-11-12-13-14-15-16-17-18-19-20-21-26-22-23-27(24-26)30(28,29)25(2)3;/h22-24H,4-21H2,1-3H3;1H/q+1;/p-1. The van der Waals surface area contributed by atoms with E-state index >= 15 is 0 Å². The molecule has 0 saturated heterocycles. The van der Waals surface area contributed by atoms with Crippen molar-refractivity contribution < 1.29 is 25.4 Å². The lowest BCUT2D eigenvalue weighted by Gasteiger charge is -2.05. The third-order valence-corrected chi connectivity index (χ3v) is 7.59. The van der Waals surface area contributed by atoms with Crippen molar-refractivity contribution in [1.82, 2.24) is 8.28 Å². The second kappa shape index (κ2) is 18.9. The topological polar surface area (TPSA) is 46.2 Å². The molecule has 0 aromatic carbocycles. The molecule has 0 amide bonds. The van der Waals surface area contributed by atoms with E-state index in [4.69, 9.17) is 0 Å². The van der Waals surface area contributed by atoms with Crippen LogP contribution in [0.1, 0.15) is 116 Å². The number of imidazole rings is 1. The summed E-state index contributed by atoms with van der Waals surface area (Å²) in [6.45, 7) is 3.17. The molecule has 0 aliphatic carbocycles. The van der Waals surface area contributed by atoms with E-state index in [9.17, 15) is 8.42 Å². The quantitative estimate of drug-likeness (QED) is 0.214. The molecular weight excluding hydrogens is 430 g/mol. The molecule has 1 aromatic rings. The van der Waals surface area contributed by atoms with Crippen molar-refractivity contribution in [3.63, 3.8) is 0 Å². The molecule has 0 atom stereocenters. The fourth-order valence-electron chi connectivity index (χ4n) is 3.85. The summed E-state index contributed by atoms with van der Waals surface area (Å²) in [5.74, 6) is 0. The fraction of sp³-hybridized carbons (Fsp3) is 0.875. The van der Waals surface area contributed by atoms with Crippen molar-refractivity contribution in [2.45, 2.75) is 123 Å². The molecule has 5 nitrogen and oxygen atoms in total. The van der Waals surface area contributed by atoms with Crippen LogP contribution in [0.25, 0.3) is 0 Å². The minimum absolute atomic E-state index is 0. The Morgan fingerprint density at radius 1 is 0.710 bits per heavy atom. The van der Waals surface area contributed by atoms with E-state index in [0.717, 1.165) is 13.0 Å². The summed E-state index contributed by atoms with van der Waals surface area (Å²) < 4.78 is 28.6. The molecule has 0 bridgehead atoms. The molecule has 0 unspecified atom stereocenters. The summed E-state index contributed by atoms with van der Waals surface area (Å²) in [5, 5.41) is 0. The summed E-state index contributed by atoms with van der Waals surface area (Å²) in [7, 11) is -0.285. The highest BCUT2D eigenvalue weighted by Crippen LogP contribution is 2.14. The Kier molecular flexibility index (Phi) is 18.6. The molecular formula is C24H48ClN3O2S. The molecule has 0 aliphatic heterocycles. The van der Waals surface area contributed by atoms with Crippen LogP contribution in [0.3, 0.4) is 0 Å². The van der Waals surface area contributed by atoms with E-state index in [1.54, 1.807) is 26.6 Å². The van der Waals surface area contributed by atoms with Crippen molar-refractivity contribution in [3.05, 3.63) is 18.7 Å². The third kappa shape index (κ3) is 14.2. The van der Waals surface area contributed by atoms with Crippen molar-refractivity contribution in [3.8, 4) is 0 Å². The summed E-state index contributed by atoms with van der Waals surface area (Å²) in [6, 6.07) is 0. The molecule has 0 radical (unpaired) electrons. The van der Waals surface area contributed by atoms with Crippen LogP contribution in [0.2, 0.25) is 0 Å². The van der Waals surface area contributed by atoms with Crippen molar-refractivity contribution in [2.75, 3.05) is 14.1 Å². The van der Waals surface area contributed by atoms with Crippen LogP contribution in [0.5, 0.6) is 0 Å². The number of hydrogen-bond donors (Lipinski definition) is 0. The number of aryl methyl sites for hydroxylation is 1. The van der Waals surface area contributed by atoms with Gasteiger partial charge in [0.2, 0.25) is 0 Å². The minimum Gasteiger partial charge on any atom is -1.00 e. The zero-order valence-corrected chi connectivity index (χ0v) is 22.0. The molecule has 1 aromatic heterocycles. The first-order valence-electron chi connectivity index (χ1n) is 12.5. The largest absolute Gasteiger partial charge is 1.00 e. The van der Waals surface area contributed by atoms with Crippen molar-refractivity contribution in [1.29, 1.82) is 0 Å². The van der Waals surface area contributed by atoms with Gasteiger partial charge in [-0.05, 0) is 12.8 Å². The molecule has 7 heteroatoms. The van der Waals surface area contributed by atoms with Crippen LogP contribution in [0.4, 0.5) is 0 Å². The summed E-state index contributed by atoms with van der Waals surface area (Å²) in [4.78, 5) is 0. The smallest absolute Gasteiger partial charge is 0.379 e. The number of hydrogen-bond acceptors (Lipinski definition) is 2. The monoisotopic (exact) mass is 477 g/mol. The van der Waals surface area contributed by atoms with Crippen molar-refractivity contribution >= 4 is 10.2 Å². The van der Waals surface area contributed by atoms with Crippen LogP contribution >= 0.6 is 0 Å². The molecule has 0 fully saturated rings. The molecule has 0 N–H and O–H groups in total. The molecule has 0 saturated carbocycles. The van der Waals surface area contributed by atoms with Crippen LogP contribution in [-0.2, 0) is 16.8 Å². The van der Waals surface area contributed by atoms with Crippen LogP contribution in [0, 0.1) is 0 Å². The van der Waals surface area contributed by atoms with Gasteiger partial charge in [0.15, 0.2) is 0 Å². The predicted octanol–water partition coefficient (Wildman–Crippen LogP) is 3.09. The normalized spacial score (nSPS) is 11.7. The maximum Gasteiger partial charge on any atom is 0.379 e. The Bertz CT molecular complexity index is 633. The summed E-state index contributed by atoms with van der Waals surface area (Å²) in [6.07, 6.45) is 28.5. The van der Waals surface area contributed by atoms with Gasteiger partial charge in [-0.25, -0.2) is 4.57 Å². The lowest BCUT2D eigenvalue weighted by molar-refractivity contribution is -0.696. The van der Waals surface area contributed by atoms with Crippen LogP contribution in [-0.4, -0.2) is 30.8 Å². The van der Waals surface area contributed by atoms with Gasteiger partial charge in [-0.3, -0.25) is 0 Å². The van der Waals surface area contributed by atoms with Gasteiger partial charge in [-0.1, -0.05) is 103 Å². The van der Waals surface area contributed by atoms with E-state index in [1.807, 2.05) is 10.8 Å². The van der Waals surface area contributed by atoms with Gasteiger partial charge in [0.05, 0.1) is 6.54 Å². The number of unbranched alkanes of at least 4 members (excludes halogenated alkanes) is 16. The summed E-state index contributed by atoms with van der Waals surface area (Å²) in [5.41, 5.74) is 0. The van der Waals surface area contributed by atoms with Crippen molar-refractivity contribution in [2.24, 2.45) is 0 Å². The molecule has 31 heavy (non-hydrogen) atoms. The Hall–Kier alpha value is -0.590. The minimum atomic E-state index is -3.39. The second-order valence-electron chi connectivity index (χ2n) is 8.93. The highest BCUT2D eigenvalue weighted by Gasteiger charge is 2.22. The van der Waals surface area contributed by atoms with Gasteiger partial charge >= 0.3 is 10.2 Å². The molecule has 0 aliphatic rings. The fourth-order valence-corrected chi connectivity index (χ4v) is 4.68. The van der Waals surface area contributed by atoms with E-state index < -0.39 is 10.2 Å². The van der Waals surface area contributed by atoms with Gasteiger partial charge in [0.1, 0.15) is 12.4 Å². The highest BCUT2D eigenvalue weighted by atomic mass is 35.5.